The van der Waals surface area contributed by atoms with Gasteiger partial charge in [-0.2, -0.15) is 0 Å². The third-order valence-corrected chi connectivity index (χ3v) is 5.37. The number of methoxy groups -OCH3 is 1. The molecule has 0 aliphatic heterocycles. The Balaban J connectivity index is 2.03. The highest BCUT2D eigenvalue weighted by atomic mass is 35.5. The molecule has 0 unspecified atom stereocenters. The molecule has 0 bridgehead atoms. The molecule has 0 aliphatic rings. The maximum atomic E-state index is 13.0. The lowest BCUT2D eigenvalue weighted by atomic mass is 10.2. The lowest BCUT2D eigenvalue weighted by Crippen LogP contribution is -2.16. The van der Waals surface area contributed by atoms with Crippen molar-refractivity contribution in [2.24, 2.45) is 0 Å². The maximum Gasteiger partial charge on any atom is 0.265 e. The minimum absolute atomic E-state index is 0.0956. The SMILES string of the molecule is COCOc1ccc(Cl)cc1S(=O)(=O)Nc1cccn2c(C(C)C)nnc12. The van der Waals surface area contributed by atoms with Crippen LogP contribution in [0.4, 0.5) is 5.69 Å². The van der Waals surface area contributed by atoms with Crippen LogP contribution in [0.25, 0.3) is 5.65 Å². The highest BCUT2D eigenvalue weighted by Gasteiger charge is 2.23. The highest BCUT2D eigenvalue weighted by molar-refractivity contribution is 7.92. The van der Waals surface area contributed by atoms with Crippen molar-refractivity contribution in [3.8, 4) is 5.75 Å². The number of ether oxygens (including phenoxy) is 2. The number of fused-ring (bicyclic) bond motifs is 1. The van der Waals surface area contributed by atoms with Gasteiger partial charge >= 0.3 is 0 Å². The van der Waals surface area contributed by atoms with Gasteiger partial charge in [-0.25, -0.2) is 8.42 Å². The third kappa shape index (κ3) is 4.00. The lowest BCUT2D eigenvalue weighted by molar-refractivity contribution is 0.0490. The Kier molecular flexibility index (Phi) is 5.54. The highest BCUT2D eigenvalue weighted by Crippen LogP contribution is 2.30. The van der Waals surface area contributed by atoms with E-state index >= 15 is 0 Å². The summed E-state index contributed by atoms with van der Waals surface area (Å²) in [6.07, 6.45) is 1.79. The third-order valence-electron chi connectivity index (χ3n) is 3.75. The number of rotatable bonds is 7. The van der Waals surface area contributed by atoms with E-state index in [2.05, 4.69) is 14.9 Å². The van der Waals surface area contributed by atoms with E-state index in [1.165, 1.54) is 19.2 Å². The van der Waals surface area contributed by atoms with Gasteiger partial charge in [-0.1, -0.05) is 25.4 Å². The van der Waals surface area contributed by atoms with Crippen LogP contribution in [0.1, 0.15) is 25.6 Å². The Morgan fingerprint density at radius 1 is 1.26 bits per heavy atom. The van der Waals surface area contributed by atoms with E-state index in [4.69, 9.17) is 21.1 Å². The molecule has 2 aromatic heterocycles. The summed E-state index contributed by atoms with van der Waals surface area (Å²) < 4.78 is 40.5. The van der Waals surface area contributed by atoms with Gasteiger partial charge in [-0.05, 0) is 30.3 Å². The predicted molar refractivity (Wildman–Crippen MR) is 102 cm³/mol. The van der Waals surface area contributed by atoms with Gasteiger partial charge in [0, 0.05) is 24.2 Å². The van der Waals surface area contributed by atoms with Crippen LogP contribution in [-0.2, 0) is 14.8 Å². The first-order valence-corrected chi connectivity index (χ1v) is 9.97. The predicted octanol–water partition coefficient (Wildman–Crippen LogP) is 3.29. The molecule has 27 heavy (non-hydrogen) atoms. The first kappa shape index (κ1) is 19.4. The fourth-order valence-corrected chi connectivity index (χ4v) is 4.01. The molecule has 0 saturated heterocycles. The largest absolute Gasteiger partial charge is 0.466 e. The second-order valence-corrected chi connectivity index (χ2v) is 8.16. The van der Waals surface area contributed by atoms with Gasteiger partial charge in [-0.15, -0.1) is 10.2 Å². The molecule has 0 amide bonds. The van der Waals surface area contributed by atoms with E-state index in [1.807, 2.05) is 13.8 Å². The molecule has 0 radical (unpaired) electrons. The zero-order valence-electron chi connectivity index (χ0n) is 15.0. The number of sulfonamides is 1. The van der Waals surface area contributed by atoms with Crippen molar-refractivity contribution in [1.29, 1.82) is 0 Å². The van der Waals surface area contributed by atoms with Gasteiger partial charge < -0.3 is 9.47 Å². The Bertz CT molecular complexity index is 1070. The molecule has 1 N–H and O–H groups in total. The molecule has 1 aromatic carbocycles. The quantitative estimate of drug-likeness (QED) is 0.600. The standard InChI is InChI=1S/C17H19ClN4O4S/c1-11(2)16-19-20-17-13(5-4-8-22(16)17)21-27(23,24)15-9-12(18)6-7-14(15)26-10-25-3/h4-9,11,21H,10H2,1-3H3. The van der Waals surface area contributed by atoms with E-state index in [-0.39, 0.29) is 28.4 Å². The van der Waals surface area contributed by atoms with Crippen molar-refractivity contribution in [3.63, 3.8) is 0 Å². The maximum absolute atomic E-state index is 13.0. The van der Waals surface area contributed by atoms with Crippen LogP contribution in [0.3, 0.4) is 0 Å². The second-order valence-electron chi connectivity index (χ2n) is 6.08. The first-order chi connectivity index (χ1) is 12.8. The Labute approximate surface area is 162 Å². The normalized spacial score (nSPS) is 11.9. The molecule has 0 saturated carbocycles. The van der Waals surface area contributed by atoms with Crippen LogP contribution in [0.2, 0.25) is 5.02 Å². The molecule has 3 rings (SSSR count). The van der Waals surface area contributed by atoms with E-state index in [1.54, 1.807) is 28.8 Å². The number of halogens is 1. The summed E-state index contributed by atoms with van der Waals surface area (Å²) in [5.41, 5.74) is 0.709. The van der Waals surface area contributed by atoms with Crippen LogP contribution in [-0.4, -0.2) is 36.9 Å². The zero-order valence-corrected chi connectivity index (χ0v) is 16.6. The molecular formula is C17H19ClN4O4S. The van der Waals surface area contributed by atoms with Gasteiger partial charge in [0.2, 0.25) is 0 Å². The monoisotopic (exact) mass is 410 g/mol. The van der Waals surface area contributed by atoms with Gasteiger partial charge in [-0.3, -0.25) is 9.12 Å². The smallest absolute Gasteiger partial charge is 0.265 e. The molecule has 0 aliphatic carbocycles. The number of aromatic nitrogens is 3. The fourth-order valence-electron chi connectivity index (χ4n) is 2.54. The molecule has 3 aromatic rings. The second kappa shape index (κ2) is 7.71. The minimum Gasteiger partial charge on any atom is -0.466 e. The zero-order chi connectivity index (χ0) is 19.6. The average Bonchev–Trinajstić information content (AvgIpc) is 3.06. The molecule has 8 nitrogen and oxygen atoms in total. The van der Waals surface area contributed by atoms with Gasteiger partial charge in [0.1, 0.15) is 16.5 Å². The van der Waals surface area contributed by atoms with Crippen molar-refractivity contribution in [1.82, 2.24) is 14.6 Å². The molecule has 2 heterocycles. The number of nitrogens with one attached hydrogen (secondary N) is 1. The Morgan fingerprint density at radius 3 is 2.74 bits per heavy atom. The van der Waals surface area contributed by atoms with Crippen LogP contribution in [0.15, 0.2) is 41.4 Å². The Morgan fingerprint density at radius 2 is 2.04 bits per heavy atom. The van der Waals surface area contributed by atoms with Crippen LogP contribution >= 0.6 is 11.6 Å². The van der Waals surface area contributed by atoms with E-state index in [9.17, 15) is 8.42 Å². The molecule has 144 valence electrons. The van der Waals surface area contributed by atoms with E-state index in [0.717, 1.165) is 5.82 Å². The molecular weight excluding hydrogens is 392 g/mol. The minimum atomic E-state index is -4.00. The molecule has 10 heteroatoms. The van der Waals surface area contributed by atoms with Crippen LogP contribution < -0.4 is 9.46 Å². The lowest BCUT2D eigenvalue weighted by Gasteiger charge is -2.14. The molecule has 0 fully saturated rings. The summed E-state index contributed by atoms with van der Waals surface area (Å²) in [5, 5.41) is 8.53. The van der Waals surface area contributed by atoms with Crippen LogP contribution in [0.5, 0.6) is 5.75 Å². The number of pyridine rings is 1. The number of anilines is 1. The fraction of sp³-hybridized carbons (Fsp3) is 0.294. The molecule has 0 atom stereocenters. The average molecular weight is 411 g/mol. The first-order valence-electron chi connectivity index (χ1n) is 8.11. The van der Waals surface area contributed by atoms with Crippen molar-refractivity contribution < 1.29 is 17.9 Å². The summed E-state index contributed by atoms with van der Waals surface area (Å²) in [5.74, 6) is 0.997. The van der Waals surface area contributed by atoms with Crippen LogP contribution in [0, 0.1) is 0 Å². The topological polar surface area (TPSA) is 94.8 Å². The van der Waals surface area contributed by atoms with Crippen molar-refractivity contribution in [2.75, 3.05) is 18.6 Å². The van der Waals surface area contributed by atoms with Gasteiger partial charge in [0.15, 0.2) is 12.4 Å². The Hall–Kier alpha value is -2.36. The molecule has 0 spiro atoms. The summed E-state index contributed by atoms with van der Waals surface area (Å²) in [6.45, 7) is 3.87. The van der Waals surface area contributed by atoms with Gasteiger partial charge in [0.25, 0.3) is 10.0 Å². The number of nitrogens with zero attached hydrogens (tertiary/aromatic N) is 3. The van der Waals surface area contributed by atoms with E-state index < -0.39 is 10.0 Å². The number of hydrogen-bond donors (Lipinski definition) is 1. The van der Waals surface area contributed by atoms with Crippen molar-refractivity contribution in [3.05, 3.63) is 47.4 Å². The summed E-state index contributed by atoms with van der Waals surface area (Å²) in [6, 6.07) is 7.68. The van der Waals surface area contributed by atoms with Crippen molar-refractivity contribution in [2.45, 2.75) is 24.7 Å². The summed E-state index contributed by atoms with van der Waals surface area (Å²) >= 11 is 5.99. The van der Waals surface area contributed by atoms with Crippen molar-refractivity contribution >= 4 is 33.0 Å². The summed E-state index contributed by atoms with van der Waals surface area (Å²) in [7, 11) is -2.55. The number of hydrogen-bond acceptors (Lipinski definition) is 6. The van der Waals surface area contributed by atoms with Gasteiger partial charge in [0.05, 0.1) is 5.69 Å². The summed E-state index contributed by atoms with van der Waals surface area (Å²) in [4.78, 5) is -0.0994. The van der Waals surface area contributed by atoms with E-state index in [0.29, 0.717) is 11.3 Å². The number of benzene rings is 1.